The smallest absolute Gasteiger partial charge is 0.341 e. The molecule has 4 heteroatoms. The molecular formula is C17H19NO2S. The lowest BCUT2D eigenvalue weighted by atomic mass is 9.93. The molecule has 21 heavy (non-hydrogen) atoms. The van der Waals surface area contributed by atoms with E-state index in [4.69, 9.17) is 4.74 Å². The van der Waals surface area contributed by atoms with E-state index in [1.165, 1.54) is 19.3 Å². The molecule has 110 valence electrons. The van der Waals surface area contributed by atoms with E-state index in [-0.39, 0.29) is 5.97 Å². The third-order valence-electron chi connectivity index (χ3n) is 3.73. The van der Waals surface area contributed by atoms with E-state index in [2.05, 4.69) is 17.4 Å². The molecule has 0 unspecified atom stereocenters. The van der Waals surface area contributed by atoms with E-state index in [0.29, 0.717) is 18.2 Å². The van der Waals surface area contributed by atoms with Crippen LogP contribution in [0.2, 0.25) is 0 Å². The average Bonchev–Trinajstić information content (AvgIpc) is 2.88. The van der Waals surface area contributed by atoms with Crippen molar-refractivity contribution in [1.29, 1.82) is 0 Å². The van der Waals surface area contributed by atoms with Gasteiger partial charge in [-0.3, -0.25) is 0 Å². The SMILES string of the molecule is CCOC(=O)c1cc(-c2ccccc2)sc1NC1CCC1. The molecule has 0 spiro atoms. The summed E-state index contributed by atoms with van der Waals surface area (Å²) in [5.74, 6) is -0.238. The zero-order chi connectivity index (χ0) is 14.7. The number of esters is 1. The van der Waals surface area contributed by atoms with Crippen molar-refractivity contribution in [2.24, 2.45) is 0 Å². The van der Waals surface area contributed by atoms with Crippen molar-refractivity contribution in [2.75, 3.05) is 11.9 Å². The summed E-state index contributed by atoms with van der Waals surface area (Å²) in [6, 6.07) is 12.6. The minimum atomic E-state index is -0.238. The van der Waals surface area contributed by atoms with Gasteiger partial charge in [0.1, 0.15) is 5.00 Å². The van der Waals surface area contributed by atoms with Crippen LogP contribution >= 0.6 is 11.3 Å². The Bertz CT molecular complexity index is 617. The Morgan fingerprint density at radius 3 is 2.71 bits per heavy atom. The lowest BCUT2D eigenvalue weighted by Gasteiger charge is -2.27. The fraction of sp³-hybridized carbons (Fsp3) is 0.353. The summed E-state index contributed by atoms with van der Waals surface area (Å²) in [4.78, 5) is 13.2. The highest BCUT2D eigenvalue weighted by atomic mass is 32.1. The molecule has 0 amide bonds. The molecular weight excluding hydrogens is 282 g/mol. The quantitative estimate of drug-likeness (QED) is 0.823. The van der Waals surface area contributed by atoms with Crippen LogP contribution in [0.25, 0.3) is 10.4 Å². The van der Waals surface area contributed by atoms with Crippen molar-refractivity contribution in [1.82, 2.24) is 0 Å². The third kappa shape index (κ3) is 3.10. The molecule has 0 saturated heterocycles. The molecule has 3 nitrogen and oxygen atoms in total. The molecule has 1 N–H and O–H groups in total. The fourth-order valence-electron chi connectivity index (χ4n) is 2.34. The summed E-state index contributed by atoms with van der Waals surface area (Å²) in [6.45, 7) is 2.24. The van der Waals surface area contributed by atoms with Gasteiger partial charge in [0.05, 0.1) is 12.2 Å². The average molecular weight is 301 g/mol. The summed E-state index contributed by atoms with van der Waals surface area (Å²) < 4.78 is 5.18. The van der Waals surface area contributed by atoms with Crippen LogP contribution in [-0.2, 0) is 4.74 Å². The van der Waals surface area contributed by atoms with Gasteiger partial charge in [-0.05, 0) is 37.8 Å². The van der Waals surface area contributed by atoms with Gasteiger partial charge in [0, 0.05) is 10.9 Å². The summed E-state index contributed by atoms with van der Waals surface area (Å²) >= 11 is 1.63. The van der Waals surface area contributed by atoms with Gasteiger partial charge in [0.2, 0.25) is 0 Å². The van der Waals surface area contributed by atoms with Crippen LogP contribution in [0.4, 0.5) is 5.00 Å². The molecule has 0 atom stereocenters. The summed E-state index contributed by atoms with van der Waals surface area (Å²) in [5.41, 5.74) is 1.79. The standard InChI is InChI=1S/C17H19NO2S/c1-2-20-17(19)14-11-15(12-7-4-3-5-8-12)21-16(14)18-13-9-6-10-13/h3-5,7-8,11,13,18H,2,6,9-10H2,1H3. The first-order chi connectivity index (χ1) is 10.3. The Balaban J connectivity index is 1.91. The molecule has 0 aliphatic heterocycles. The number of carbonyl (C=O) groups is 1. The number of anilines is 1. The van der Waals surface area contributed by atoms with E-state index in [1.807, 2.05) is 31.2 Å². The number of carbonyl (C=O) groups excluding carboxylic acids is 1. The molecule has 1 aliphatic carbocycles. The normalized spacial score (nSPS) is 14.5. The monoisotopic (exact) mass is 301 g/mol. The number of hydrogen-bond donors (Lipinski definition) is 1. The molecule has 1 aliphatic rings. The fourth-order valence-corrected chi connectivity index (χ4v) is 3.47. The van der Waals surface area contributed by atoms with Gasteiger partial charge in [-0.2, -0.15) is 0 Å². The maximum Gasteiger partial charge on any atom is 0.341 e. The van der Waals surface area contributed by atoms with Gasteiger partial charge in [0.25, 0.3) is 0 Å². The van der Waals surface area contributed by atoms with E-state index in [0.717, 1.165) is 15.4 Å². The highest BCUT2D eigenvalue weighted by Crippen LogP contribution is 2.37. The van der Waals surface area contributed by atoms with Crippen LogP contribution in [0.3, 0.4) is 0 Å². The molecule has 1 heterocycles. The van der Waals surface area contributed by atoms with Crippen molar-refractivity contribution in [3.8, 4) is 10.4 Å². The van der Waals surface area contributed by atoms with Crippen molar-refractivity contribution < 1.29 is 9.53 Å². The van der Waals surface area contributed by atoms with Crippen molar-refractivity contribution in [3.05, 3.63) is 42.0 Å². The van der Waals surface area contributed by atoms with Crippen molar-refractivity contribution >= 4 is 22.3 Å². The largest absolute Gasteiger partial charge is 0.462 e. The summed E-state index contributed by atoms with van der Waals surface area (Å²) in [7, 11) is 0. The van der Waals surface area contributed by atoms with Crippen molar-refractivity contribution in [2.45, 2.75) is 32.2 Å². The number of benzene rings is 1. The highest BCUT2D eigenvalue weighted by Gasteiger charge is 2.23. The van der Waals surface area contributed by atoms with Crippen LogP contribution in [-0.4, -0.2) is 18.6 Å². The van der Waals surface area contributed by atoms with Gasteiger partial charge < -0.3 is 10.1 Å². The number of rotatable bonds is 5. The minimum absolute atomic E-state index is 0.238. The molecule has 1 aromatic heterocycles. The predicted octanol–water partition coefficient (Wildman–Crippen LogP) is 4.56. The second-order valence-corrected chi connectivity index (χ2v) is 6.26. The number of ether oxygens (including phenoxy) is 1. The van der Waals surface area contributed by atoms with E-state index >= 15 is 0 Å². The summed E-state index contributed by atoms with van der Waals surface area (Å²) in [6.07, 6.45) is 3.63. The maximum absolute atomic E-state index is 12.1. The molecule has 0 radical (unpaired) electrons. The van der Waals surface area contributed by atoms with E-state index in [9.17, 15) is 4.79 Å². The van der Waals surface area contributed by atoms with Crippen LogP contribution < -0.4 is 5.32 Å². The topological polar surface area (TPSA) is 38.3 Å². The van der Waals surface area contributed by atoms with Crippen LogP contribution in [0.1, 0.15) is 36.5 Å². The van der Waals surface area contributed by atoms with Crippen LogP contribution in [0.15, 0.2) is 36.4 Å². The number of nitrogens with one attached hydrogen (secondary N) is 1. The Labute approximate surface area is 129 Å². The Kier molecular flexibility index (Phi) is 4.25. The Morgan fingerprint density at radius 1 is 1.33 bits per heavy atom. The second-order valence-electron chi connectivity index (χ2n) is 5.21. The van der Waals surface area contributed by atoms with Crippen LogP contribution in [0.5, 0.6) is 0 Å². The number of hydrogen-bond acceptors (Lipinski definition) is 4. The van der Waals surface area contributed by atoms with Crippen LogP contribution in [0, 0.1) is 0 Å². The van der Waals surface area contributed by atoms with Gasteiger partial charge in [-0.25, -0.2) is 4.79 Å². The van der Waals surface area contributed by atoms with Crippen molar-refractivity contribution in [3.63, 3.8) is 0 Å². The molecule has 1 aromatic carbocycles. The highest BCUT2D eigenvalue weighted by molar-refractivity contribution is 7.19. The molecule has 3 rings (SSSR count). The first-order valence-corrected chi connectivity index (χ1v) is 8.22. The van der Waals surface area contributed by atoms with E-state index < -0.39 is 0 Å². The molecule has 2 aromatic rings. The van der Waals surface area contributed by atoms with Gasteiger partial charge in [-0.1, -0.05) is 30.3 Å². The zero-order valence-corrected chi connectivity index (χ0v) is 12.9. The minimum Gasteiger partial charge on any atom is -0.462 e. The first kappa shape index (κ1) is 14.1. The molecule has 0 bridgehead atoms. The van der Waals surface area contributed by atoms with Gasteiger partial charge in [0.15, 0.2) is 0 Å². The van der Waals surface area contributed by atoms with Gasteiger partial charge in [-0.15, -0.1) is 11.3 Å². The molecule has 1 saturated carbocycles. The number of thiophene rings is 1. The molecule has 1 fully saturated rings. The predicted molar refractivity (Wildman–Crippen MR) is 87.0 cm³/mol. The maximum atomic E-state index is 12.1. The second kappa shape index (κ2) is 6.31. The zero-order valence-electron chi connectivity index (χ0n) is 12.1. The first-order valence-electron chi connectivity index (χ1n) is 7.41. The Morgan fingerprint density at radius 2 is 2.10 bits per heavy atom. The lowest BCUT2D eigenvalue weighted by molar-refractivity contribution is 0.0528. The third-order valence-corrected chi connectivity index (χ3v) is 4.84. The van der Waals surface area contributed by atoms with Gasteiger partial charge >= 0.3 is 5.97 Å². The summed E-state index contributed by atoms with van der Waals surface area (Å²) in [5, 5.41) is 4.44. The van der Waals surface area contributed by atoms with E-state index in [1.54, 1.807) is 11.3 Å². The lowest BCUT2D eigenvalue weighted by Crippen LogP contribution is -2.27. The Hall–Kier alpha value is -1.81.